The molecule has 0 aromatic rings. The van der Waals surface area contributed by atoms with E-state index >= 15 is 0 Å². The maximum Gasteiger partial charge on any atom is 0.0590 e. The Labute approximate surface area is 133 Å². The molecule has 0 aliphatic carbocycles. The summed E-state index contributed by atoms with van der Waals surface area (Å²) in [6, 6.07) is 0.615. The molecule has 0 rings (SSSR count). The minimum atomic E-state index is 0.113. The van der Waals surface area contributed by atoms with E-state index in [1.54, 1.807) is 7.11 Å². The molecule has 0 aliphatic heterocycles. The van der Waals surface area contributed by atoms with E-state index in [4.69, 9.17) is 10.5 Å². The average molecular weight is 301 g/mol. The minimum absolute atomic E-state index is 0.113. The molecule has 2 N–H and O–H groups in total. The van der Waals surface area contributed by atoms with Gasteiger partial charge in [0.1, 0.15) is 0 Å². The fraction of sp³-hybridized carbons (Fsp3) is 1.00. The Morgan fingerprint density at radius 1 is 1.05 bits per heavy atom. The fourth-order valence-corrected chi connectivity index (χ4v) is 3.28. The van der Waals surface area contributed by atoms with Gasteiger partial charge in [-0.05, 0) is 26.2 Å². The summed E-state index contributed by atoms with van der Waals surface area (Å²) in [6.07, 6.45) is 10.2. The number of hydrogen-bond donors (Lipinski definition) is 1. The van der Waals surface area contributed by atoms with E-state index in [2.05, 4.69) is 32.6 Å². The first kappa shape index (κ1) is 20.9. The zero-order valence-corrected chi connectivity index (χ0v) is 15.3. The predicted molar refractivity (Wildman–Crippen MR) is 93.8 cm³/mol. The van der Waals surface area contributed by atoms with Crippen LogP contribution in [0.15, 0.2) is 0 Å². The van der Waals surface area contributed by atoms with E-state index in [0.717, 1.165) is 19.7 Å². The van der Waals surface area contributed by atoms with Crippen LogP contribution in [0.5, 0.6) is 0 Å². The van der Waals surface area contributed by atoms with Gasteiger partial charge in [0.2, 0.25) is 0 Å². The van der Waals surface area contributed by atoms with E-state index in [0.29, 0.717) is 6.04 Å². The first-order chi connectivity index (χ1) is 10.1. The van der Waals surface area contributed by atoms with Gasteiger partial charge in [-0.15, -0.1) is 0 Å². The number of unbranched alkanes of at least 4 members (excludes halogenated alkanes) is 4. The van der Waals surface area contributed by atoms with Crippen molar-refractivity contribution in [1.82, 2.24) is 4.90 Å². The van der Waals surface area contributed by atoms with Crippen molar-refractivity contribution in [3.8, 4) is 0 Å². The summed E-state index contributed by atoms with van der Waals surface area (Å²) in [6.45, 7) is 11.7. The van der Waals surface area contributed by atoms with Crippen molar-refractivity contribution >= 4 is 0 Å². The van der Waals surface area contributed by atoms with Gasteiger partial charge >= 0.3 is 0 Å². The monoisotopic (exact) mass is 300 g/mol. The summed E-state index contributed by atoms with van der Waals surface area (Å²) in [5.41, 5.74) is 6.30. The van der Waals surface area contributed by atoms with Gasteiger partial charge in [-0.3, -0.25) is 4.90 Å². The second-order valence-corrected chi connectivity index (χ2v) is 6.52. The molecule has 1 unspecified atom stereocenters. The molecule has 0 aromatic heterocycles. The Hall–Kier alpha value is -0.120. The van der Waals surface area contributed by atoms with Gasteiger partial charge in [0.15, 0.2) is 0 Å². The van der Waals surface area contributed by atoms with Crippen molar-refractivity contribution in [2.24, 2.45) is 5.73 Å². The van der Waals surface area contributed by atoms with Crippen LogP contribution < -0.4 is 5.73 Å². The summed E-state index contributed by atoms with van der Waals surface area (Å²) in [4.78, 5) is 2.62. The molecule has 1 atom stereocenters. The van der Waals surface area contributed by atoms with Gasteiger partial charge in [0.05, 0.1) is 6.61 Å². The molecule has 0 amide bonds. The smallest absolute Gasteiger partial charge is 0.0590 e. The quantitative estimate of drug-likeness (QED) is 0.489. The van der Waals surface area contributed by atoms with E-state index in [9.17, 15) is 0 Å². The maximum absolute atomic E-state index is 6.19. The second kappa shape index (κ2) is 12.4. The van der Waals surface area contributed by atoms with Crippen LogP contribution >= 0.6 is 0 Å². The minimum Gasteiger partial charge on any atom is -0.383 e. The number of nitrogens with two attached hydrogens (primary N) is 1. The first-order valence-corrected chi connectivity index (χ1v) is 9.05. The Kier molecular flexibility index (Phi) is 12.4. The predicted octanol–water partition coefficient (Wildman–Crippen LogP) is 4.20. The topological polar surface area (TPSA) is 38.5 Å². The Morgan fingerprint density at radius 3 is 2.14 bits per heavy atom. The fourth-order valence-electron chi connectivity index (χ4n) is 3.28. The lowest BCUT2D eigenvalue weighted by Crippen LogP contribution is -2.56. The standard InChI is InChI=1S/C18H40N2O/c1-6-9-10-11-12-13-18(4,16-19)20(14-15-21-5)17(7-2)8-3/h17H,6-16,19H2,1-5H3. The van der Waals surface area contributed by atoms with Gasteiger partial charge in [0, 0.05) is 31.8 Å². The number of rotatable bonds is 14. The first-order valence-electron chi connectivity index (χ1n) is 9.05. The summed E-state index contributed by atoms with van der Waals surface area (Å²) < 4.78 is 5.33. The number of nitrogens with zero attached hydrogens (tertiary/aromatic N) is 1. The summed E-state index contributed by atoms with van der Waals surface area (Å²) in [5.74, 6) is 0. The molecule has 3 nitrogen and oxygen atoms in total. The average Bonchev–Trinajstić information content (AvgIpc) is 2.51. The maximum atomic E-state index is 6.19. The number of hydrogen-bond acceptors (Lipinski definition) is 3. The highest BCUT2D eigenvalue weighted by Crippen LogP contribution is 2.26. The third-order valence-corrected chi connectivity index (χ3v) is 4.87. The molecule has 0 heterocycles. The van der Waals surface area contributed by atoms with Crippen molar-refractivity contribution in [1.29, 1.82) is 0 Å². The Bertz CT molecular complexity index is 231. The lowest BCUT2D eigenvalue weighted by Gasteiger charge is -2.45. The molecule has 21 heavy (non-hydrogen) atoms. The molecule has 0 spiro atoms. The van der Waals surface area contributed by atoms with Crippen LogP contribution in [0.3, 0.4) is 0 Å². The molecular weight excluding hydrogens is 260 g/mol. The summed E-state index contributed by atoms with van der Waals surface area (Å²) in [7, 11) is 1.79. The van der Waals surface area contributed by atoms with Crippen molar-refractivity contribution in [3.63, 3.8) is 0 Å². The zero-order chi connectivity index (χ0) is 16.1. The third-order valence-electron chi connectivity index (χ3n) is 4.87. The molecule has 0 radical (unpaired) electrons. The van der Waals surface area contributed by atoms with Crippen LogP contribution in [0, 0.1) is 0 Å². The summed E-state index contributed by atoms with van der Waals surface area (Å²) in [5, 5.41) is 0. The van der Waals surface area contributed by atoms with Gasteiger partial charge in [-0.25, -0.2) is 0 Å². The van der Waals surface area contributed by atoms with Gasteiger partial charge in [-0.2, -0.15) is 0 Å². The molecule has 0 aliphatic rings. The molecule has 0 fully saturated rings. The lowest BCUT2D eigenvalue weighted by molar-refractivity contribution is 0.0232. The van der Waals surface area contributed by atoms with Crippen LogP contribution in [-0.4, -0.2) is 43.3 Å². The molecule has 3 heteroatoms. The van der Waals surface area contributed by atoms with E-state index in [1.165, 1.54) is 51.4 Å². The van der Waals surface area contributed by atoms with Crippen LogP contribution in [0.1, 0.15) is 79.1 Å². The Balaban J connectivity index is 4.65. The Morgan fingerprint density at radius 2 is 1.67 bits per heavy atom. The summed E-state index contributed by atoms with van der Waals surface area (Å²) >= 11 is 0. The molecule has 128 valence electrons. The molecule has 0 aromatic carbocycles. The number of ether oxygens (including phenoxy) is 1. The van der Waals surface area contributed by atoms with Crippen LogP contribution in [0.2, 0.25) is 0 Å². The van der Waals surface area contributed by atoms with Crippen LogP contribution in [0.4, 0.5) is 0 Å². The highest BCUT2D eigenvalue weighted by Gasteiger charge is 2.33. The largest absolute Gasteiger partial charge is 0.383 e. The van der Waals surface area contributed by atoms with Crippen molar-refractivity contribution in [2.75, 3.05) is 26.8 Å². The van der Waals surface area contributed by atoms with Gasteiger partial charge in [0.25, 0.3) is 0 Å². The number of methoxy groups -OCH3 is 1. The molecular formula is C18H40N2O. The van der Waals surface area contributed by atoms with E-state index in [-0.39, 0.29) is 5.54 Å². The lowest BCUT2D eigenvalue weighted by atomic mass is 9.89. The zero-order valence-electron chi connectivity index (χ0n) is 15.3. The third kappa shape index (κ3) is 7.62. The SMILES string of the molecule is CCCCCCCC(C)(CN)N(CCOC)C(CC)CC. The molecule has 0 saturated heterocycles. The van der Waals surface area contributed by atoms with E-state index in [1.807, 2.05) is 0 Å². The normalized spacial score (nSPS) is 14.9. The van der Waals surface area contributed by atoms with Crippen LogP contribution in [0.25, 0.3) is 0 Å². The molecule has 0 saturated carbocycles. The van der Waals surface area contributed by atoms with Gasteiger partial charge < -0.3 is 10.5 Å². The van der Waals surface area contributed by atoms with Crippen molar-refractivity contribution in [3.05, 3.63) is 0 Å². The highest BCUT2D eigenvalue weighted by atomic mass is 16.5. The van der Waals surface area contributed by atoms with Crippen molar-refractivity contribution in [2.45, 2.75) is 90.6 Å². The second-order valence-electron chi connectivity index (χ2n) is 6.52. The van der Waals surface area contributed by atoms with E-state index < -0.39 is 0 Å². The molecule has 0 bridgehead atoms. The van der Waals surface area contributed by atoms with Crippen molar-refractivity contribution < 1.29 is 4.74 Å². The van der Waals surface area contributed by atoms with Gasteiger partial charge in [-0.1, -0.05) is 52.9 Å². The van der Waals surface area contributed by atoms with Crippen LogP contribution in [-0.2, 0) is 4.74 Å². The highest BCUT2D eigenvalue weighted by molar-refractivity contribution is 4.90.